The van der Waals surface area contributed by atoms with Gasteiger partial charge in [-0.05, 0) is 50.5 Å². The molecule has 0 aliphatic carbocycles. The van der Waals surface area contributed by atoms with Crippen LogP contribution in [-0.4, -0.2) is 25.5 Å². The van der Waals surface area contributed by atoms with Gasteiger partial charge in [0.2, 0.25) is 5.91 Å². The quantitative estimate of drug-likeness (QED) is 0.789. The number of nitrogens with one attached hydrogen (secondary N) is 1. The minimum absolute atomic E-state index is 0.0575. The molecule has 0 saturated carbocycles. The number of benzene rings is 1. The molecule has 0 atom stereocenters. The fraction of sp³-hybridized carbons (Fsp3) is 0.294. The number of aryl methyl sites for hydroxylation is 2. The number of hydrogen-bond acceptors (Lipinski definition) is 4. The molecule has 0 aliphatic heterocycles. The summed E-state index contributed by atoms with van der Waals surface area (Å²) in [5.41, 5.74) is 4.46. The molecule has 0 bridgehead atoms. The van der Waals surface area contributed by atoms with Gasteiger partial charge in [-0.15, -0.1) is 0 Å². The molecule has 3 aromatic rings. The minimum atomic E-state index is -0.0575. The van der Waals surface area contributed by atoms with Crippen LogP contribution in [0, 0.1) is 20.8 Å². The van der Waals surface area contributed by atoms with Gasteiger partial charge in [0.1, 0.15) is 6.33 Å². The average molecular weight is 344 g/mol. The normalized spacial score (nSPS) is 11.0. The van der Waals surface area contributed by atoms with Crippen molar-refractivity contribution in [1.82, 2.24) is 19.6 Å². The van der Waals surface area contributed by atoms with Gasteiger partial charge in [0.25, 0.3) is 5.78 Å². The molecule has 1 aromatic carbocycles. The second-order valence-electron chi connectivity index (χ2n) is 5.69. The largest absolute Gasteiger partial charge is 0.326 e. The summed E-state index contributed by atoms with van der Waals surface area (Å²) in [5, 5.41) is 7.72. The maximum atomic E-state index is 12.3. The Labute approximate surface area is 144 Å². The van der Waals surface area contributed by atoms with Crippen LogP contribution in [0.25, 0.3) is 5.78 Å². The average Bonchev–Trinajstić information content (AvgIpc) is 3.00. The van der Waals surface area contributed by atoms with E-state index in [1.807, 2.05) is 32.9 Å². The molecule has 124 valence electrons. The standard InChI is InChI=1S/C17H18ClN5O/c1-10-14(18)5-4-6-15(10)22-16(24)8-7-13-11(2)21-17-19-9-20-23(17)12(13)3/h4-6,9H,7-8H2,1-3H3,(H,22,24). The van der Waals surface area contributed by atoms with E-state index < -0.39 is 0 Å². The van der Waals surface area contributed by atoms with Crippen molar-refractivity contribution in [2.45, 2.75) is 33.6 Å². The van der Waals surface area contributed by atoms with E-state index in [1.54, 1.807) is 10.6 Å². The Morgan fingerprint density at radius 3 is 2.88 bits per heavy atom. The van der Waals surface area contributed by atoms with Crippen molar-refractivity contribution < 1.29 is 4.79 Å². The summed E-state index contributed by atoms with van der Waals surface area (Å²) in [5.74, 6) is 0.519. The Morgan fingerprint density at radius 2 is 2.08 bits per heavy atom. The van der Waals surface area contributed by atoms with Gasteiger partial charge in [-0.1, -0.05) is 17.7 Å². The maximum Gasteiger partial charge on any atom is 0.252 e. The molecule has 1 N–H and O–H groups in total. The molecule has 6 nitrogen and oxygen atoms in total. The number of aromatic nitrogens is 4. The lowest BCUT2D eigenvalue weighted by Crippen LogP contribution is -2.15. The SMILES string of the molecule is Cc1nc2ncnn2c(C)c1CCC(=O)Nc1cccc(Cl)c1C. The maximum absolute atomic E-state index is 12.3. The Morgan fingerprint density at radius 1 is 1.29 bits per heavy atom. The number of halogens is 1. The highest BCUT2D eigenvalue weighted by atomic mass is 35.5. The first-order valence-corrected chi connectivity index (χ1v) is 8.06. The summed E-state index contributed by atoms with van der Waals surface area (Å²) in [6.45, 7) is 5.77. The lowest BCUT2D eigenvalue weighted by Gasteiger charge is -2.12. The van der Waals surface area contributed by atoms with Crippen molar-refractivity contribution in [3.63, 3.8) is 0 Å². The van der Waals surface area contributed by atoms with E-state index in [2.05, 4.69) is 20.4 Å². The van der Waals surface area contributed by atoms with Crippen molar-refractivity contribution in [3.8, 4) is 0 Å². The molecule has 2 heterocycles. The molecule has 0 fully saturated rings. The number of nitrogens with zero attached hydrogens (tertiary/aromatic N) is 4. The molecular weight excluding hydrogens is 326 g/mol. The van der Waals surface area contributed by atoms with Crippen molar-refractivity contribution in [1.29, 1.82) is 0 Å². The van der Waals surface area contributed by atoms with E-state index in [9.17, 15) is 4.79 Å². The van der Waals surface area contributed by atoms with Crippen LogP contribution in [0.3, 0.4) is 0 Å². The number of hydrogen-bond donors (Lipinski definition) is 1. The summed E-state index contributed by atoms with van der Waals surface area (Å²) in [7, 11) is 0. The molecule has 3 rings (SSSR count). The predicted octanol–water partition coefficient (Wildman–Crippen LogP) is 3.27. The molecule has 0 aliphatic rings. The fourth-order valence-electron chi connectivity index (χ4n) is 2.71. The number of fused-ring (bicyclic) bond motifs is 1. The smallest absolute Gasteiger partial charge is 0.252 e. The molecular formula is C17H18ClN5O. The summed E-state index contributed by atoms with van der Waals surface area (Å²) >= 11 is 6.08. The van der Waals surface area contributed by atoms with Crippen molar-refractivity contribution in [3.05, 3.63) is 52.1 Å². The first kappa shape index (κ1) is 16.4. The first-order valence-electron chi connectivity index (χ1n) is 7.68. The third kappa shape index (κ3) is 3.10. The number of amides is 1. The highest BCUT2D eigenvalue weighted by molar-refractivity contribution is 6.31. The highest BCUT2D eigenvalue weighted by Crippen LogP contribution is 2.23. The molecule has 2 aromatic heterocycles. The zero-order valence-electron chi connectivity index (χ0n) is 13.8. The van der Waals surface area contributed by atoms with Crippen molar-refractivity contribution in [2.75, 3.05) is 5.32 Å². The monoisotopic (exact) mass is 343 g/mol. The van der Waals surface area contributed by atoms with Crippen LogP contribution in [0.2, 0.25) is 5.02 Å². The lowest BCUT2D eigenvalue weighted by atomic mass is 10.1. The van der Waals surface area contributed by atoms with E-state index >= 15 is 0 Å². The first-order chi connectivity index (χ1) is 11.5. The van der Waals surface area contributed by atoms with Crippen LogP contribution in [0.5, 0.6) is 0 Å². The Bertz CT molecular complexity index is 919. The molecule has 24 heavy (non-hydrogen) atoms. The number of rotatable bonds is 4. The summed E-state index contributed by atoms with van der Waals surface area (Å²) in [6, 6.07) is 5.47. The van der Waals surface area contributed by atoms with Gasteiger partial charge in [0.15, 0.2) is 0 Å². The van der Waals surface area contributed by atoms with Crippen LogP contribution >= 0.6 is 11.6 Å². The molecule has 7 heteroatoms. The van der Waals surface area contributed by atoms with Crippen LogP contribution < -0.4 is 5.32 Å². The van der Waals surface area contributed by atoms with Gasteiger partial charge < -0.3 is 5.32 Å². The van der Waals surface area contributed by atoms with Crippen molar-refractivity contribution >= 4 is 29.0 Å². The van der Waals surface area contributed by atoms with Crippen LogP contribution in [0.15, 0.2) is 24.5 Å². The van der Waals surface area contributed by atoms with Crippen LogP contribution in [-0.2, 0) is 11.2 Å². The van der Waals surface area contributed by atoms with Crippen LogP contribution in [0.1, 0.15) is 28.9 Å². The Hall–Kier alpha value is -2.47. The second-order valence-corrected chi connectivity index (χ2v) is 6.10. The number of anilines is 1. The predicted molar refractivity (Wildman–Crippen MR) is 93.4 cm³/mol. The van der Waals surface area contributed by atoms with Gasteiger partial charge in [-0.25, -0.2) is 9.50 Å². The number of carbonyl (C=O) groups is 1. The van der Waals surface area contributed by atoms with Gasteiger partial charge in [0, 0.05) is 28.5 Å². The highest BCUT2D eigenvalue weighted by Gasteiger charge is 2.13. The third-order valence-corrected chi connectivity index (χ3v) is 4.54. The van der Waals surface area contributed by atoms with Gasteiger partial charge in [0.05, 0.1) is 0 Å². The molecule has 0 saturated heterocycles. The van der Waals surface area contributed by atoms with E-state index in [-0.39, 0.29) is 5.91 Å². The molecule has 1 amide bonds. The summed E-state index contributed by atoms with van der Waals surface area (Å²) in [4.78, 5) is 20.8. The topological polar surface area (TPSA) is 72.2 Å². The lowest BCUT2D eigenvalue weighted by molar-refractivity contribution is -0.116. The van der Waals surface area contributed by atoms with Crippen molar-refractivity contribution in [2.24, 2.45) is 0 Å². The molecule has 0 spiro atoms. The summed E-state index contributed by atoms with van der Waals surface area (Å²) in [6.07, 6.45) is 2.43. The fourth-order valence-corrected chi connectivity index (χ4v) is 2.89. The number of carbonyl (C=O) groups excluding carboxylic acids is 1. The zero-order chi connectivity index (χ0) is 17.3. The minimum Gasteiger partial charge on any atom is -0.326 e. The molecule has 0 radical (unpaired) electrons. The van der Waals surface area contributed by atoms with Gasteiger partial charge in [-0.2, -0.15) is 10.1 Å². The van der Waals surface area contributed by atoms with Gasteiger partial charge >= 0.3 is 0 Å². The van der Waals surface area contributed by atoms with Crippen LogP contribution in [0.4, 0.5) is 5.69 Å². The van der Waals surface area contributed by atoms with Gasteiger partial charge in [-0.3, -0.25) is 4.79 Å². The van der Waals surface area contributed by atoms with E-state index in [1.165, 1.54) is 6.33 Å². The molecule has 0 unspecified atom stereocenters. The second kappa shape index (κ2) is 6.57. The van der Waals surface area contributed by atoms with E-state index in [0.29, 0.717) is 23.6 Å². The Balaban J connectivity index is 1.74. The Kier molecular flexibility index (Phi) is 4.49. The zero-order valence-corrected chi connectivity index (χ0v) is 14.6. The van der Waals surface area contributed by atoms with E-state index in [4.69, 9.17) is 11.6 Å². The van der Waals surface area contributed by atoms with E-state index in [0.717, 1.165) is 28.2 Å². The summed E-state index contributed by atoms with van der Waals surface area (Å²) < 4.78 is 1.70. The third-order valence-electron chi connectivity index (χ3n) is 4.13.